The zero-order chi connectivity index (χ0) is 8.39. The van der Waals surface area contributed by atoms with Crippen molar-refractivity contribution in [3.63, 3.8) is 0 Å². The van der Waals surface area contributed by atoms with Crippen molar-refractivity contribution >= 4 is 0 Å². The fraction of sp³-hybridized carbons (Fsp3) is 0.125. The lowest BCUT2D eigenvalue weighted by molar-refractivity contribution is 0.975. The van der Waals surface area contributed by atoms with Crippen molar-refractivity contribution in [2.75, 3.05) is 0 Å². The van der Waals surface area contributed by atoms with Crippen molar-refractivity contribution < 1.29 is 0 Å². The molecule has 0 fully saturated rings. The van der Waals surface area contributed by atoms with Crippen LogP contribution in [0.15, 0.2) is 24.4 Å². The standard InChI is InChI=1S/C8H8N4/c1-6-2-3-7(12-10-6)8-4-5-9-11-8/h2-5H,1H3,(H,9,11). The van der Waals surface area contributed by atoms with Crippen LogP contribution in [0, 0.1) is 6.92 Å². The average Bonchev–Trinajstić information content (AvgIpc) is 2.58. The number of aryl methyl sites for hydroxylation is 1. The fourth-order valence-corrected chi connectivity index (χ4v) is 0.941. The third-order valence-corrected chi connectivity index (χ3v) is 1.57. The lowest BCUT2D eigenvalue weighted by Gasteiger charge is -1.94. The van der Waals surface area contributed by atoms with Crippen LogP contribution in [0.3, 0.4) is 0 Å². The van der Waals surface area contributed by atoms with Gasteiger partial charge in [0.25, 0.3) is 0 Å². The van der Waals surface area contributed by atoms with E-state index in [1.165, 1.54) is 0 Å². The normalized spacial score (nSPS) is 10.1. The molecule has 4 heteroatoms. The highest BCUT2D eigenvalue weighted by Gasteiger charge is 1.98. The molecule has 0 saturated carbocycles. The monoisotopic (exact) mass is 160 g/mol. The molecule has 0 aliphatic rings. The number of H-pyrrole nitrogens is 1. The number of hydrogen-bond acceptors (Lipinski definition) is 3. The highest BCUT2D eigenvalue weighted by atomic mass is 15.1. The summed E-state index contributed by atoms with van der Waals surface area (Å²) in [6, 6.07) is 5.69. The van der Waals surface area contributed by atoms with Gasteiger partial charge in [0.05, 0.1) is 11.4 Å². The van der Waals surface area contributed by atoms with Gasteiger partial charge < -0.3 is 0 Å². The molecule has 12 heavy (non-hydrogen) atoms. The van der Waals surface area contributed by atoms with Crippen LogP contribution in [0.5, 0.6) is 0 Å². The summed E-state index contributed by atoms with van der Waals surface area (Å²) in [7, 11) is 0. The Labute approximate surface area is 69.7 Å². The number of aromatic nitrogens is 4. The van der Waals surface area contributed by atoms with E-state index < -0.39 is 0 Å². The second kappa shape index (κ2) is 2.73. The van der Waals surface area contributed by atoms with E-state index >= 15 is 0 Å². The van der Waals surface area contributed by atoms with Crippen molar-refractivity contribution in [2.45, 2.75) is 6.92 Å². The van der Waals surface area contributed by atoms with E-state index in [4.69, 9.17) is 0 Å². The third kappa shape index (κ3) is 1.18. The molecular formula is C8H8N4. The first-order chi connectivity index (χ1) is 5.86. The van der Waals surface area contributed by atoms with Gasteiger partial charge in [-0.1, -0.05) is 0 Å². The predicted molar refractivity (Wildman–Crippen MR) is 44.4 cm³/mol. The summed E-state index contributed by atoms with van der Waals surface area (Å²) in [5, 5.41) is 14.6. The van der Waals surface area contributed by atoms with Crippen molar-refractivity contribution in [1.82, 2.24) is 20.4 Å². The zero-order valence-corrected chi connectivity index (χ0v) is 6.65. The Morgan fingerprint density at radius 2 is 2.08 bits per heavy atom. The maximum atomic E-state index is 4.00. The summed E-state index contributed by atoms with van der Waals surface area (Å²) in [5.41, 5.74) is 2.62. The fourth-order valence-electron chi connectivity index (χ4n) is 0.941. The Morgan fingerprint density at radius 1 is 1.17 bits per heavy atom. The summed E-state index contributed by atoms with van der Waals surface area (Å²) in [6.07, 6.45) is 1.69. The molecule has 4 nitrogen and oxygen atoms in total. The van der Waals surface area contributed by atoms with Gasteiger partial charge in [0.15, 0.2) is 0 Å². The Bertz CT molecular complexity index is 349. The summed E-state index contributed by atoms with van der Waals surface area (Å²) >= 11 is 0. The van der Waals surface area contributed by atoms with Crippen LogP contribution >= 0.6 is 0 Å². The first kappa shape index (κ1) is 6.97. The molecule has 0 bridgehead atoms. The topological polar surface area (TPSA) is 54.5 Å². The molecule has 2 rings (SSSR count). The average molecular weight is 160 g/mol. The molecule has 0 aromatic carbocycles. The van der Waals surface area contributed by atoms with Crippen LogP contribution in [0.4, 0.5) is 0 Å². The Balaban J connectivity index is 2.43. The SMILES string of the molecule is Cc1ccc(-c2ccn[nH]2)nn1. The third-order valence-electron chi connectivity index (χ3n) is 1.57. The molecule has 2 heterocycles. The smallest absolute Gasteiger partial charge is 0.111 e. The minimum absolute atomic E-state index is 0.818. The maximum Gasteiger partial charge on any atom is 0.111 e. The highest BCUT2D eigenvalue weighted by Crippen LogP contribution is 2.10. The number of rotatable bonds is 1. The molecule has 0 atom stereocenters. The molecule has 0 amide bonds. The highest BCUT2D eigenvalue weighted by molar-refractivity contribution is 5.51. The second-order valence-corrected chi connectivity index (χ2v) is 2.53. The van der Waals surface area contributed by atoms with Crippen molar-refractivity contribution in [3.8, 4) is 11.4 Å². The van der Waals surface area contributed by atoms with Crippen LogP contribution in [-0.4, -0.2) is 20.4 Å². The number of nitrogens with one attached hydrogen (secondary N) is 1. The van der Waals surface area contributed by atoms with Gasteiger partial charge in [-0.15, -0.1) is 5.10 Å². The van der Waals surface area contributed by atoms with Gasteiger partial charge >= 0.3 is 0 Å². The summed E-state index contributed by atoms with van der Waals surface area (Å²) < 4.78 is 0. The van der Waals surface area contributed by atoms with Gasteiger partial charge in [-0.2, -0.15) is 10.2 Å². The van der Waals surface area contributed by atoms with E-state index in [-0.39, 0.29) is 0 Å². The van der Waals surface area contributed by atoms with E-state index in [1.807, 2.05) is 25.1 Å². The summed E-state index contributed by atoms with van der Waals surface area (Å²) in [6.45, 7) is 1.91. The van der Waals surface area contributed by atoms with E-state index in [1.54, 1.807) is 6.20 Å². The van der Waals surface area contributed by atoms with Gasteiger partial charge in [-0.3, -0.25) is 5.10 Å². The molecule has 2 aromatic heterocycles. The molecule has 60 valence electrons. The lowest BCUT2D eigenvalue weighted by atomic mass is 10.3. The molecule has 0 spiro atoms. The first-order valence-corrected chi connectivity index (χ1v) is 3.66. The van der Waals surface area contributed by atoms with Gasteiger partial charge in [-0.25, -0.2) is 0 Å². The molecule has 0 radical (unpaired) electrons. The number of hydrogen-bond donors (Lipinski definition) is 1. The van der Waals surface area contributed by atoms with Gasteiger partial charge in [0.1, 0.15) is 5.69 Å². The molecular weight excluding hydrogens is 152 g/mol. The molecule has 0 saturated heterocycles. The first-order valence-electron chi connectivity index (χ1n) is 3.66. The van der Waals surface area contributed by atoms with Crippen LogP contribution in [0.25, 0.3) is 11.4 Å². The van der Waals surface area contributed by atoms with E-state index in [0.717, 1.165) is 17.1 Å². The molecule has 2 aromatic rings. The predicted octanol–water partition coefficient (Wildman–Crippen LogP) is 1.18. The Morgan fingerprint density at radius 3 is 2.67 bits per heavy atom. The van der Waals surface area contributed by atoms with Crippen LogP contribution in [0.1, 0.15) is 5.69 Å². The van der Waals surface area contributed by atoms with E-state index in [9.17, 15) is 0 Å². The second-order valence-electron chi connectivity index (χ2n) is 2.53. The lowest BCUT2D eigenvalue weighted by Crippen LogP contribution is -1.89. The minimum Gasteiger partial charge on any atom is -0.276 e. The molecule has 0 aliphatic heterocycles. The van der Waals surface area contributed by atoms with E-state index in [2.05, 4.69) is 20.4 Å². The number of nitrogens with zero attached hydrogens (tertiary/aromatic N) is 3. The Kier molecular flexibility index (Phi) is 1.59. The summed E-state index contributed by atoms with van der Waals surface area (Å²) in [5.74, 6) is 0. The van der Waals surface area contributed by atoms with Gasteiger partial charge in [0.2, 0.25) is 0 Å². The van der Waals surface area contributed by atoms with Gasteiger partial charge in [0, 0.05) is 6.20 Å². The van der Waals surface area contributed by atoms with Crippen LogP contribution in [0.2, 0.25) is 0 Å². The Hall–Kier alpha value is -1.71. The van der Waals surface area contributed by atoms with Crippen molar-refractivity contribution in [2.24, 2.45) is 0 Å². The van der Waals surface area contributed by atoms with Crippen molar-refractivity contribution in [1.29, 1.82) is 0 Å². The largest absolute Gasteiger partial charge is 0.276 e. The molecule has 0 unspecified atom stereocenters. The van der Waals surface area contributed by atoms with Crippen LogP contribution < -0.4 is 0 Å². The summed E-state index contributed by atoms with van der Waals surface area (Å²) in [4.78, 5) is 0. The quantitative estimate of drug-likeness (QED) is 0.681. The number of aromatic amines is 1. The molecule has 1 N–H and O–H groups in total. The van der Waals surface area contributed by atoms with Crippen LogP contribution in [-0.2, 0) is 0 Å². The minimum atomic E-state index is 0.818. The zero-order valence-electron chi connectivity index (χ0n) is 6.65. The van der Waals surface area contributed by atoms with Gasteiger partial charge in [-0.05, 0) is 25.1 Å². The van der Waals surface area contributed by atoms with Crippen molar-refractivity contribution in [3.05, 3.63) is 30.1 Å². The molecule has 0 aliphatic carbocycles. The maximum absolute atomic E-state index is 4.00. The van der Waals surface area contributed by atoms with E-state index in [0.29, 0.717) is 0 Å².